The molecule has 2 nitrogen and oxygen atoms in total. The molecule has 0 aromatic heterocycles. The highest BCUT2D eigenvalue weighted by atomic mass is 19.4. The van der Waals surface area contributed by atoms with Crippen molar-refractivity contribution in [1.29, 1.82) is 0 Å². The highest BCUT2D eigenvalue weighted by molar-refractivity contribution is 5.36. The van der Waals surface area contributed by atoms with Crippen LogP contribution in [0.15, 0.2) is 48.5 Å². The minimum Gasteiger partial charge on any atom is -0.271 e. The van der Waals surface area contributed by atoms with Crippen LogP contribution in [-0.4, -0.2) is 0 Å². The molecule has 0 fully saturated rings. The zero-order valence-corrected chi connectivity index (χ0v) is 11.5. The second kappa shape index (κ2) is 6.21. The van der Waals surface area contributed by atoms with Crippen molar-refractivity contribution in [3.8, 4) is 0 Å². The van der Waals surface area contributed by atoms with Crippen molar-refractivity contribution >= 4 is 0 Å². The molecule has 0 aliphatic heterocycles. The summed E-state index contributed by atoms with van der Waals surface area (Å²) in [5.74, 6) is 5.37. The third-order valence-corrected chi connectivity index (χ3v) is 3.29. The van der Waals surface area contributed by atoms with Gasteiger partial charge in [-0.1, -0.05) is 24.3 Å². The van der Waals surface area contributed by atoms with E-state index in [2.05, 4.69) is 5.43 Å². The molecule has 2 aromatic carbocycles. The lowest BCUT2D eigenvalue weighted by Gasteiger charge is -2.19. The van der Waals surface area contributed by atoms with Crippen LogP contribution in [0.2, 0.25) is 0 Å². The first-order valence-corrected chi connectivity index (χ1v) is 6.43. The second-order valence-corrected chi connectivity index (χ2v) is 4.84. The molecule has 2 aromatic rings. The molecule has 0 saturated heterocycles. The molecule has 8 heteroatoms. The van der Waals surface area contributed by atoms with Crippen LogP contribution in [0.3, 0.4) is 0 Å². The third kappa shape index (κ3) is 4.02. The molecule has 0 amide bonds. The Morgan fingerprint density at radius 1 is 0.739 bits per heavy atom. The quantitative estimate of drug-likeness (QED) is 0.500. The first kappa shape index (κ1) is 17.3. The van der Waals surface area contributed by atoms with Crippen LogP contribution in [0.1, 0.15) is 28.3 Å². The van der Waals surface area contributed by atoms with Gasteiger partial charge in [-0.2, -0.15) is 26.3 Å². The summed E-state index contributed by atoms with van der Waals surface area (Å²) in [6.45, 7) is 0. The average Bonchev–Trinajstić information content (AvgIpc) is 2.47. The molecule has 124 valence electrons. The molecule has 0 aliphatic rings. The number of benzene rings is 2. The molecule has 0 saturated carbocycles. The zero-order chi connectivity index (χ0) is 17.3. The van der Waals surface area contributed by atoms with Crippen LogP contribution in [0, 0.1) is 0 Å². The fraction of sp³-hybridized carbons (Fsp3) is 0.200. The maximum absolute atomic E-state index is 12.7. The Balaban J connectivity index is 2.37. The van der Waals surface area contributed by atoms with Gasteiger partial charge in [0.05, 0.1) is 17.2 Å². The van der Waals surface area contributed by atoms with E-state index >= 15 is 0 Å². The minimum atomic E-state index is -4.52. The standard InChI is InChI=1S/C15H12F6N2/c16-14(17,18)11-6-4-9(5-7-11)13(23-22)10-2-1-3-12(8-10)15(19,20)21/h1-8,13,23H,22H2/t13-/m1/s1. The number of nitrogens with two attached hydrogens (primary N) is 1. The van der Waals surface area contributed by atoms with E-state index in [9.17, 15) is 26.3 Å². The number of rotatable bonds is 3. The van der Waals surface area contributed by atoms with E-state index in [1.54, 1.807) is 0 Å². The fourth-order valence-electron chi connectivity index (χ4n) is 2.14. The topological polar surface area (TPSA) is 38.0 Å². The number of hydrogen-bond donors (Lipinski definition) is 2. The molecule has 2 rings (SSSR count). The van der Waals surface area contributed by atoms with Crippen LogP contribution in [0.4, 0.5) is 26.3 Å². The van der Waals surface area contributed by atoms with Gasteiger partial charge >= 0.3 is 12.4 Å². The lowest BCUT2D eigenvalue weighted by molar-refractivity contribution is -0.138. The molecular weight excluding hydrogens is 322 g/mol. The maximum atomic E-state index is 12.7. The Bertz CT molecular complexity index is 661. The lowest BCUT2D eigenvalue weighted by atomic mass is 9.96. The molecule has 0 spiro atoms. The van der Waals surface area contributed by atoms with Gasteiger partial charge in [0, 0.05) is 0 Å². The van der Waals surface area contributed by atoms with Crippen molar-refractivity contribution in [3.05, 3.63) is 70.8 Å². The fourth-order valence-corrected chi connectivity index (χ4v) is 2.14. The van der Waals surface area contributed by atoms with Gasteiger partial charge in [0.15, 0.2) is 0 Å². The second-order valence-electron chi connectivity index (χ2n) is 4.84. The van der Waals surface area contributed by atoms with Gasteiger partial charge < -0.3 is 0 Å². The Kier molecular flexibility index (Phi) is 4.67. The first-order chi connectivity index (χ1) is 10.6. The van der Waals surface area contributed by atoms with Crippen molar-refractivity contribution in [2.45, 2.75) is 18.4 Å². The highest BCUT2D eigenvalue weighted by Gasteiger charge is 2.32. The summed E-state index contributed by atoms with van der Waals surface area (Å²) in [6.07, 6.45) is -9.00. The number of halogens is 6. The number of nitrogens with one attached hydrogen (secondary N) is 1. The molecule has 3 N–H and O–H groups in total. The number of hydrazine groups is 1. The van der Waals surface area contributed by atoms with E-state index in [0.717, 1.165) is 24.3 Å². The van der Waals surface area contributed by atoms with Crippen molar-refractivity contribution in [2.24, 2.45) is 5.84 Å². The summed E-state index contributed by atoms with van der Waals surface area (Å²) in [6, 6.07) is 7.64. The Hall–Kier alpha value is -2.06. The van der Waals surface area contributed by atoms with Crippen molar-refractivity contribution in [3.63, 3.8) is 0 Å². The molecule has 0 unspecified atom stereocenters. The summed E-state index contributed by atoms with van der Waals surface area (Å²) in [7, 11) is 0. The van der Waals surface area contributed by atoms with Gasteiger partial charge in [-0.05, 0) is 35.4 Å². The molecule has 0 bridgehead atoms. The van der Waals surface area contributed by atoms with Gasteiger partial charge in [0.2, 0.25) is 0 Å². The molecule has 1 atom stereocenters. The van der Waals surface area contributed by atoms with E-state index in [1.165, 1.54) is 24.3 Å². The largest absolute Gasteiger partial charge is 0.416 e. The summed E-state index contributed by atoms with van der Waals surface area (Å²) in [5.41, 5.74) is 1.13. The summed E-state index contributed by atoms with van der Waals surface area (Å²) >= 11 is 0. The molecule has 0 heterocycles. The Morgan fingerprint density at radius 3 is 1.78 bits per heavy atom. The van der Waals surface area contributed by atoms with Crippen LogP contribution in [0.25, 0.3) is 0 Å². The monoisotopic (exact) mass is 334 g/mol. The lowest BCUT2D eigenvalue weighted by Crippen LogP contribution is -2.29. The van der Waals surface area contributed by atoms with E-state index in [4.69, 9.17) is 5.84 Å². The summed E-state index contributed by atoms with van der Waals surface area (Å²) < 4.78 is 75.9. The average molecular weight is 334 g/mol. The Labute approximate surface area is 127 Å². The third-order valence-electron chi connectivity index (χ3n) is 3.29. The van der Waals surface area contributed by atoms with Gasteiger partial charge in [0.25, 0.3) is 0 Å². The predicted octanol–water partition coefficient (Wildman–Crippen LogP) is 4.28. The van der Waals surface area contributed by atoms with Gasteiger partial charge in [-0.3, -0.25) is 5.84 Å². The van der Waals surface area contributed by atoms with Crippen molar-refractivity contribution in [1.82, 2.24) is 5.43 Å². The number of hydrogen-bond acceptors (Lipinski definition) is 2. The van der Waals surface area contributed by atoms with Gasteiger partial charge in [0.1, 0.15) is 0 Å². The van der Waals surface area contributed by atoms with Crippen LogP contribution in [-0.2, 0) is 12.4 Å². The first-order valence-electron chi connectivity index (χ1n) is 6.43. The van der Waals surface area contributed by atoms with Crippen LogP contribution >= 0.6 is 0 Å². The maximum Gasteiger partial charge on any atom is 0.416 e. The zero-order valence-electron chi connectivity index (χ0n) is 11.5. The predicted molar refractivity (Wildman–Crippen MR) is 72.1 cm³/mol. The van der Waals surface area contributed by atoms with Crippen molar-refractivity contribution in [2.75, 3.05) is 0 Å². The van der Waals surface area contributed by atoms with E-state index in [0.29, 0.717) is 5.56 Å². The molecule has 23 heavy (non-hydrogen) atoms. The smallest absolute Gasteiger partial charge is 0.271 e. The molecule has 0 radical (unpaired) electrons. The van der Waals surface area contributed by atoms with E-state index in [-0.39, 0.29) is 5.56 Å². The summed E-state index contributed by atoms with van der Waals surface area (Å²) in [5, 5.41) is 0. The van der Waals surface area contributed by atoms with Crippen LogP contribution in [0.5, 0.6) is 0 Å². The van der Waals surface area contributed by atoms with E-state index < -0.39 is 29.5 Å². The normalized spacial score (nSPS) is 13.9. The Morgan fingerprint density at radius 2 is 1.30 bits per heavy atom. The summed E-state index contributed by atoms with van der Waals surface area (Å²) in [4.78, 5) is 0. The SMILES string of the molecule is NN[C@H](c1ccc(C(F)(F)F)cc1)c1cccc(C(F)(F)F)c1. The molecule has 0 aliphatic carbocycles. The van der Waals surface area contributed by atoms with E-state index in [1.807, 2.05) is 0 Å². The van der Waals surface area contributed by atoms with Gasteiger partial charge in [-0.25, -0.2) is 5.43 Å². The number of alkyl halides is 6. The van der Waals surface area contributed by atoms with Gasteiger partial charge in [-0.15, -0.1) is 0 Å². The minimum absolute atomic E-state index is 0.196. The van der Waals surface area contributed by atoms with Crippen LogP contribution < -0.4 is 11.3 Å². The molecular formula is C15H12F6N2. The van der Waals surface area contributed by atoms with Crippen molar-refractivity contribution < 1.29 is 26.3 Å². The highest BCUT2D eigenvalue weighted by Crippen LogP contribution is 2.33.